The Balaban J connectivity index is 1.48. The van der Waals surface area contributed by atoms with Crippen molar-refractivity contribution in [3.8, 4) is 28.1 Å². The summed E-state index contributed by atoms with van der Waals surface area (Å²) in [4.78, 5) is 20.7. The van der Waals surface area contributed by atoms with Gasteiger partial charge in [0.2, 0.25) is 0 Å². The molecule has 28 heavy (non-hydrogen) atoms. The molecule has 0 radical (unpaired) electrons. The Hall–Kier alpha value is -2.71. The molecule has 0 spiro atoms. The molecule has 2 aromatic heterocycles. The number of H-pyrrole nitrogens is 1. The van der Waals surface area contributed by atoms with Gasteiger partial charge in [-0.05, 0) is 31.2 Å². The van der Waals surface area contributed by atoms with Crippen molar-refractivity contribution in [1.82, 2.24) is 25.4 Å². The van der Waals surface area contributed by atoms with Crippen LogP contribution in [0.4, 0.5) is 0 Å². The Morgan fingerprint density at radius 2 is 2.32 bits per heavy atom. The fourth-order valence-electron chi connectivity index (χ4n) is 3.82. The van der Waals surface area contributed by atoms with Gasteiger partial charge in [0.1, 0.15) is 5.75 Å². The van der Waals surface area contributed by atoms with Crippen molar-refractivity contribution in [3.05, 3.63) is 40.5 Å². The highest BCUT2D eigenvalue weighted by atomic mass is 32.1. The smallest absolute Gasteiger partial charge is 0.282 e. The second-order valence-corrected chi connectivity index (χ2v) is 8.20. The maximum atomic E-state index is 12.9. The molecular weight excluding hydrogens is 374 g/mol. The molecule has 0 bridgehead atoms. The van der Waals surface area contributed by atoms with Crippen LogP contribution in [0, 0.1) is 0 Å². The molecule has 1 fully saturated rings. The third-order valence-corrected chi connectivity index (χ3v) is 6.52. The standard InChI is InChI=1S/C20H21N5O2S/c1-21-14-4-6-25(11-14)20(26)19-24-18-15-3-2-12(13-9-22-23-10-13)8-16(15)27-7-5-17(18)28-19/h2-3,8-10,14,21H,4-7,11H2,1H3,(H,22,23). The maximum absolute atomic E-state index is 12.9. The number of benzene rings is 1. The molecule has 7 nitrogen and oxygen atoms in total. The minimum absolute atomic E-state index is 0.0355. The largest absolute Gasteiger partial charge is 0.492 e. The number of amides is 1. The number of hydrogen-bond donors (Lipinski definition) is 2. The van der Waals surface area contributed by atoms with E-state index in [1.165, 1.54) is 11.3 Å². The molecule has 1 amide bonds. The summed E-state index contributed by atoms with van der Waals surface area (Å²) >= 11 is 1.50. The average molecular weight is 395 g/mol. The topological polar surface area (TPSA) is 83.1 Å². The minimum atomic E-state index is 0.0355. The fraction of sp³-hybridized carbons (Fsp3) is 0.350. The van der Waals surface area contributed by atoms with Gasteiger partial charge in [0, 0.05) is 47.8 Å². The normalized spacial score (nSPS) is 18.3. The maximum Gasteiger partial charge on any atom is 0.282 e. The van der Waals surface area contributed by atoms with Gasteiger partial charge in [-0.1, -0.05) is 6.07 Å². The Kier molecular flexibility index (Phi) is 4.37. The molecule has 1 aromatic carbocycles. The second-order valence-electron chi connectivity index (χ2n) is 7.11. The van der Waals surface area contributed by atoms with E-state index < -0.39 is 0 Å². The summed E-state index contributed by atoms with van der Waals surface area (Å²) in [6.07, 6.45) is 5.39. The molecular formula is C20H21N5O2S. The number of likely N-dealkylation sites (N-methyl/N-ethyl adjacent to an activating group) is 1. The van der Waals surface area contributed by atoms with Crippen molar-refractivity contribution in [1.29, 1.82) is 0 Å². The Morgan fingerprint density at radius 1 is 1.39 bits per heavy atom. The third kappa shape index (κ3) is 2.98. The average Bonchev–Trinajstić information content (AvgIpc) is 3.46. The minimum Gasteiger partial charge on any atom is -0.492 e. The van der Waals surface area contributed by atoms with Crippen molar-refractivity contribution in [2.24, 2.45) is 0 Å². The summed E-state index contributed by atoms with van der Waals surface area (Å²) in [7, 11) is 1.94. The molecule has 0 aliphatic carbocycles. The molecule has 0 saturated carbocycles. The van der Waals surface area contributed by atoms with Crippen molar-refractivity contribution in [3.63, 3.8) is 0 Å². The van der Waals surface area contributed by atoms with Crippen LogP contribution in [0.3, 0.4) is 0 Å². The number of aromatic amines is 1. The first-order chi connectivity index (χ1) is 13.7. The zero-order valence-corrected chi connectivity index (χ0v) is 16.4. The number of carbonyl (C=O) groups is 1. The predicted molar refractivity (Wildman–Crippen MR) is 108 cm³/mol. The second kappa shape index (κ2) is 7.03. The number of nitrogens with zero attached hydrogens (tertiary/aromatic N) is 3. The van der Waals surface area contributed by atoms with Gasteiger partial charge in [-0.25, -0.2) is 4.98 Å². The van der Waals surface area contributed by atoms with E-state index >= 15 is 0 Å². The number of nitrogens with one attached hydrogen (secondary N) is 2. The molecule has 2 aliphatic rings. The number of fused-ring (bicyclic) bond motifs is 3. The van der Waals surface area contributed by atoms with E-state index in [0.717, 1.165) is 58.9 Å². The van der Waals surface area contributed by atoms with Gasteiger partial charge in [-0.2, -0.15) is 5.10 Å². The van der Waals surface area contributed by atoms with Crippen molar-refractivity contribution in [2.45, 2.75) is 18.9 Å². The van der Waals surface area contributed by atoms with Crippen molar-refractivity contribution >= 4 is 17.2 Å². The van der Waals surface area contributed by atoms with E-state index in [1.54, 1.807) is 6.20 Å². The summed E-state index contributed by atoms with van der Waals surface area (Å²) in [5, 5.41) is 10.7. The highest BCUT2D eigenvalue weighted by Crippen LogP contribution is 2.40. The molecule has 4 heterocycles. The van der Waals surface area contributed by atoms with E-state index in [1.807, 2.05) is 36.3 Å². The predicted octanol–water partition coefficient (Wildman–Crippen LogP) is 2.57. The zero-order valence-electron chi connectivity index (χ0n) is 15.6. The van der Waals surface area contributed by atoms with Crippen LogP contribution in [0.15, 0.2) is 30.6 Å². The number of likely N-dealkylation sites (tertiary alicyclic amines) is 1. The number of aromatic nitrogens is 3. The molecule has 8 heteroatoms. The molecule has 2 N–H and O–H groups in total. The van der Waals surface area contributed by atoms with Gasteiger partial charge in [-0.15, -0.1) is 11.3 Å². The Morgan fingerprint density at radius 3 is 3.11 bits per heavy atom. The van der Waals surface area contributed by atoms with Gasteiger partial charge < -0.3 is 15.0 Å². The number of rotatable bonds is 3. The molecule has 1 atom stereocenters. The lowest BCUT2D eigenvalue weighted by atomic mass is 10.0. The van der Waals surface area contributed by atoms with Gasteiger partial charge in [-0.3, -0.25) is 9.89 Å². The highest BCUT2D eigenvalue weighted by Gasteiger charge is 2.30. The highest BCUT2D eigenvalue weighted by molar-refractivity contribution is 7.14. The van der Waals surface area contributed by atoms with Crippen LogP contribution in [0.1, 0.15) is 21.1 Å². The Labute approximate surface area is 166 Å². The van der Waals surface area contributed by atoms with Crippen LogP contribution in [-0.2, 0) is 6.42 Å². The van der Waals surface area contributed by atoms with E-state index in [0.29, 0.717) is 17.7 Å². The molecule has 1 unspecified atom stereocenters. The first-order valence-electron chi connectivity index (χ1n) is 9.45. The summed E-state index contributed by atoms with van der Waals surface area (Å²) in [6.45, 7) is 2.10. The van der Waals surface area contributed by atoms with Crippen LogP contribution in [0.5, 0.6) is 5.75 Å². The first kappa shape index (κ1) is 17.4. The first-order valence-corrected chi connectivity index (χ1v) is 10.3. The van der Waals surface area contributed by atoms with Crippen molar-refractivity contribution in [2.75, 3.05) is 26.7 Å². The van der Waals surface area contributed by atoms with Crippen LogP contribution in [0.2, 0.25) is 0 Å². The lowest BCUT2D eigenvalue weighted by Gasteiger charge is -2.14. The summed E-state index contributed by atoms with van der Waals surface area (Å²) in [5.41, 5.74) is 3.88. The quantitative estimate of drug-likeness (QED) is 0.712. The number of carbonyl (C=O) groups excluding carboxylic acids is 1. The van der Waals surface area contributed by atoms with Crippen LogP contribution < -0.4 is 10.1 Å². The lowest BCUT2D eigenvalue weighted by Crippen LogP contribution is -2.33. The van der Waals surface area contributed by atoms with E-state index in [9.17, 15) is 4.79 Å². The van der Waals surface area contributed by atoms with Gasteiger partial charge >= 0.3 is 0 Å². The van der Waals surface area contributed by atoms with Crippen LogP contribution >= 0.6 is 11.3 Å². The molecule has 5 rings (SSSR count). The molecule has 144 valence electrons. The van der Waals surface area contributed by atoms with Gasteiger partial charge in [0.15, 0.2) is 5.01 Å². The van der Waals surface area contributed by atoms with E-state index in [4.69, 9.17) is 9.72 Å². The zero-order chi connectivity index (χ0) is 19.1. The summed E-state index contributed by atoms with van der Waals surface area (Å²) < 4.78 is 5.99. The number of ether oxygens (including phenoxy) is 1. The SMILES string of the molecule is CNC1CCN(C(=O)c2nc3c(s2)CCOc2cc(-c4cn[nH]c4)ccc2-3)C1. The summed E-state index contributed by atoms with van der Waals surface area (Å²) in [6, 6.07) is 6.47. The molecule has 1 saturated heterocycles. The Bertz CT molecular complexity index is 1010. The van der Waals surface area contributed by atoms with Gasteiger partial charge in [0.05, 0.1) is 18.5 Å². The van der Waals surface area contributed by atoms with Crippen LogP contribution in [-0.4, -0.2) is 58.8 Å². The summed E-state index contributed by atoms with van der Waals surface area (Å²) in [5.74, 6) is 0.839. The number of hydrogen-bond acceptors (Lipinski definition) is 6. The number of thiazole rings is 1. The van der Waals surface area contributed by atoms with Gasteiger partial charge in [0.25, 0.3) is 5.91 Å². The fourth-order valence-corrected chi connectivity index (χ4v) is 4.84. The molecule has 3 aromatic rings. The van der Waals surface area contributed by atoms with E-state index in [-0.39, 0.29) is 5.91 Å². The monoisotopic (exact) mass is 395 g/mol. The van der Waals surface area contributed by atoms with Crippen molar-refractivity contribution < 1.29 is 9.53 Å². The third-order valence-electron chi connectivity index (χ3n) is 5.42. The van der Waals surface area contributed by atoms with Crippen LogP contribution in [0.25, 0.3) is 22.4 Å². The molecule has 2 aliphatic heterocycles. The van der Waals surface area contributed by atoms with E-state index in [2.05, 4.69) is 15.5 Å². The lowest BCUT2D eigenvalue weighted by molar-refractivity contribution is 0.0789.